The summed E-state index contributed by atoms with van der Waals surface area (Å²) in [4.78, 5) is 14.8. The standard InChI is InChI=1S/C26H34N2O2/c29-26(14-13-21-7-4-5-8-21)27-23-15-17-28(18-16-23)20-22-9-6-12-25(19-22)30-24-10-2-1-3-11-24/h1-3,6,9-12,19,21,23H,4-5,7-8,13-18,20H2,(H,27,29). The second-order valence-corrected chi connectivity index (χ2v) is 8.87. The lowest BCUT2D eigenvalue weighted by Crippen LogP contribution is -2.44. The number of nitrogens with zero attached hydrogens (tertiary/aromatic N) is 1. The van der Waals surface area contributed by atoms with Crippen LogP contribution < -0.4 is 10.1 Å². The van der Waals surface area contributed by atoms with Gasteiger partial charge in [0, 0.05) is 32.1 Å². The number of nitrogens with one attached hydrogen (secondary N) is 1. The summed E-state index contributed by atoms with van der Waals surface area (Å²) in [6.07, 6.45) is 9.21. The highest BCUT2D eigenvalue weighted by Gasteiger charge is 2.22. The van der Waals surface area contributed by atoms with Crippen molar-refractivity contribution in [1.29, 1.82) is 0 Å². The Hall–Kier alpha value is -2.33. The van der Waals surface area contributed by atoms with E-state index >= 15 is 0 Å². The minimum atomic E-state index is 0.256. The molecule has 160 valence electrons. The molecule has 0 aromatic heterocycles. The molecule has 0 unspecified atom stereocenters. The number of carbonyl (C=O) groups is 1. The first-order valence-electron chi connectivity index (χ1n) is 11.6. The van der Waals surface area contributed by atoms with E-state index in [0.29, 0.717) is 12.5 Å². The van der Waals surface area contributed by atoms with E-state index in [1.165, 1.54) is 31.2 Å². The highest BCUT2D eigenvalue weighted by Crippen LogP contribution is 2.28. The number of piperidine rings is 1. The van der Waals surface area contributed by atoms with Crippen molar-refractivity contribution in [3.63, 3.8) is 0 Å². The Bertz CT molecular complexity index is 794. The van der Waals surface area contributed by atoms with Crippen LogP contribution in [0.1, 0.15) is 56.9 Å². The summed E-state index contributed by atoms with van der Waals surface area (Å²) < 4.78 is 5.96. The fourth-order valence-electron chi connectivity index (χ4n) is 4.76. The van der Waals surface area contributed by atoms with Crippen LogP contribution in [0.25, 0.3) is 0 Å². The fourth-order valence-corrected chi connectivity index (χ4v) is 4.76. The second kappa shape index (κ2) is 10.6. The zero-order valence-corrected chi connectivity index (χ0v) is 17.9. The Kier molecular flexibility index (Phi) is 7.41. The lowest BCUT2D eigenvalue weighted by Gasteiger charge is -2.32. The normalized spacial score (nSPS) is 18.4. The van der Waals surface area contributed by atoms with Crippen LogP contribution in [0.15, 0.2) is 54.6 Å². The SMILES string of the molecule is O=C(CCC1CCCC1)NC1CCN(Cc2cccc(Oc3ccccc3)c2)CC1. The molecule has 1 amide bonds. The van der Waals surface area contributed by atoms with Crippen LogP contribution in [-0.4, -0.2) is 29.9 Å². The largest absolute Gasteiger partial charge is 0.457 e. The van der Waals surface area contributed by atoms with E-state index in [0.717, 1.165) is 56.3 Å². The summed E-state index contributed by atoms with van der Waals surface area (Å²) in [6.45, 7) is 2.98. The van der Waals surface area contributed by atoms with Gasteiger partial charge in [0.05, 0.1) is 0 Å². The number of amides is 1. The van der Waals surface area contributed by atoms with Crippen molar-refractivity contribution in [1.82, 2.24) is 10.2 Å². The molecule has 1 aliphatic carbocycles. The topological polar surface area (TPSA) is 41.6 Å². The number of benzene rings is 2. The molecule has 0 bridgehead atoms. The number of likely N-dealkylation sites (tertiary alicyclic amines) is 1. The molecule has 2 aliphatic rings. The molecule has 30 heavy (non-hydrogen) atoms. The highest BCUT2D eigenvalue weighted by atomic mass is 16.5. The van der Waals surface area contributed by atoms with Gasteiger partial charge in [-0.15, -0.1) is 0 Å². The molecule has 2 aromatic carbocycles. The minimum absolute atomic E-state index is 0.256. The molecule has 4 rings (SSSR count). The lowest BCUT2D eigenvalue weighted by molar-refractivity contribution is -0.122. The van der Waals surface area contributed by atoms with Crippen LogP contribution in [0.3, 0.4) is 0 Å². The second-order valence-electron chi connectivity index (χ2n) is 8.87. The average molecular weight is 407 g/mol. The summed E-state index contributed by atoms with van der Waals surface area (Å²) in [6, 6.07) is 18.6. The van der Waals surface area contributed by atoms with Gasteiger partial charge in [-0.2, -0.15) is 0 Å². The number of carbonyl (C=O) groups excluding carboxylic acids is 1. The Labute approximate surface area is 180 Å². The van der Waals surface area contributed by atoms with E-state index in [9.17, 15) is 4.79 Å². The molecule has 1 N–H and O–H groups in total. The first kappa shape index (κ1) is 20.9. The number of hydrogen-bond donors (Lipinski definition) is 1. The molecule has 0 radical (unpaired) electrons. The van der Waals surface area contributed by atoms with Crippen molar-refractivity contribution in [2.24, 2.45) is 5.92 Å². The summed E-state index contributed by atoms with van der Waals surface area (Å²) in [7, 11) is 0. The van der Waals surface area contributed by atoms with Crippen LogP contribution >= 0.6 is 0 Å². The molecular weight excluding hydrogens is 372 g/mol. The Morgan fingerprint density at radius 2 is 1.67 bits per heavy atom. The predicted molar refractivity (Wildman–Crippen MR) is 121 cm³/mol. The Balaban J connectivity index is 1.19. The van der Waals surface area contributed by atoms with Gasteiger partial charge in [0.2, 0.25) is 5.91 Å². The maximum absolute atomic E-state index is 12.3. The molecule has 0 spiro atoms. The summed E-state index contributed by atoms with van der Waals surface area (Å²) in [5.41, 5.74) is 1.27. The summed E-state index contributed by atoms with van der Waals surface area (Å²) in [5, 5.41) is 3.28. The molecule has 1 saturated heterocycles. The maximum Gasteiger partial charge on any atom is 0.220 e. The van der Waals surface area contributed by atoms with Gasteiger partial charge in [-0.3, -0.25) is 9.69 Å². The third-order valence-electron chi connectivity index (χ3n) is 6.49. The molecule has 2 aromatic rings. The first-order chi connectivity index (χ1) is 14.7. The van der Waals surface area contributed by atoms with Gasteiger partial charge >= 0.3 is 0 Å². The summed E-state index contributed by atoms with van der Waals surface area (Å²) >= 11 is 0. The van der Waals surface area contributed by atoms with Gasteiger partial charge in [-0.25, -0.2) is 0 Å². The molecule has 1 heterocycles. The van der Waals surface area contributed by atoms with Crippen molar-refractivity contribution >= 4 is 5.91 Å². The molecule has 4 heteroatoms. The Morgan fingerprint density at radius 1 is 0.933 bits per heavy atom. The molecule has 0 atom stereocenters. The maximum atomic E-state index is 12.3. The van der Waals surface area contributed by atoms with Crippen molar-refractivity contribution < 1.29 is 9.53 Å². The van der Waals surface area contributed by atoms with Crippen LogP contribution in [0.5, 0.6) is 11.5 Å². The average Bonchev–Trinajstić information content (AvgIpc) is 3.29. The van der Waals surface area contributed by atoms with Gasteiger partial charge in [0.15, 0.2) is 0 Å². The third kappa shape index (κ3) is 6.33. The van der Waals surface area contributed by atoms with Crippen molar-refractivity contribution in [2.75, 3.05) is 13.1 Å². The van der Waals surface area contributed by atoms with Crippen LogP contribution in [0, 0.1) is 5.92 Å². The fraction of sp³-hybridized carbons (Fsp3) is 0.500. The van der Waals surface area contributed by atoms with Crippen LogP contribution in [-0.2, 0) is 11.3 Å². The molecule has 4 nitrogen and oxygen atoms in total. The molecular formula is C26H34N2O2. The van der Waals surface area contributed by atoms with Gasteiger partial charge in [0.1, 0.15) is 11.5 Å². The minimum Gasteiger partial charge on any atom is -0.457 e. The van der Waals surface area contributed by atoms with Crippen molar-refractivity contribution in [3.8, 4) is 11.5 Å². The molecule has 2 fully saturated rings. The smallest absolute Gasteiger partial charge is 0.220 e. The molecule has 1 saturated carbocycles. The van der Waals surface area contributed by atoms with Crippen LogP contribution in [0.4, 0.5) is 0 Å². The van der Waals surface area contributed by atoms with Crippen molar-refractivity contribution in [2.45, 2.75) is 64.0 Å². The number of hydrogen-bond acceptors (Lipinski definition) is 3. The zero-order chi connectivity index (χ0) is 20.6. The van der Waals surface area contributed by atoms with Gasteiger partial charge in [-0.05, 0) is 55.0 Å². The predicted octanol–water partition coefficient (Wildman–Crippen LogP) is 5.53. The molecule has 1 aliphatic heterocycles. The third-order valence-corrected chi connectivity index (χ3v) is 6.49. The monoisotopic (exact) mass is 406 g/mol. The Morgan fingerprint density at radius 3 is 2.43 bits per heavy atom. The lowest BCUT2D eigenvalue weighted by atomic mass is 10.0. The number of rotatable bonds is 8. The van der Waals surface area contributed by atoms with E-state index < -0.39 is 0 Å². The highest BCUT2D eigenvalue weighted by molar-refractivity contribution is 5.76. The summed E-state index contributed by atoms with van der Waals surface area (Å²) in [5.74, 6) is 2.78. The van der Waals surface area contributed by atoms with E-state index in [4.69, 9.17) is 4.74 Å². The van der Waals surface area contributed by atoms with E-state index in [1.54, 1.807) is 0 Å². The van der Waals surface area contributed by atoms with Gasteiger partial charge in [0.25, 0.3) is 0 Å². The quantitative estimate of drug-likeness (QED) is 0.627. The zero-order valence-electron chi connectivity index (χ0n) is 17.9. The van der Waals surface area contributed by atoms with Gasteiger partial charge in [-0.1, -0.05) is 56.0 Å². The van der Waals surface area contributed by atoms with E-state index in [1.807, 2.05) is 36.4 Å². The first-order valence-corrected chi connectivity index (χ1v) is 11.6. The number of ether oxygens (including phenoxy) is 1. The van der Waals surface area contributed by atoms with Crippen LogP contribution in [0.2, 0.25) is 0 Å². The van der Waals surface area contributed by atoms with Crippen molar-refractivity contribution in [3.05, 3.63) is 60.2 Å². The van der Waals surface area contributed by atoms with E-state index in [-0.39, 0.29) is 5.91 Å². The van der Waals surface area contributed by atoms with E-state index in [2.05, 4.69) is 28.4 Å². The number of para-hydroxylation sites is 1. The van der Waals surface area contributed by atoms with Gasteiger partial charge < -0.3 is 10.1 Å².